The molecule has 1 unspecified atom stereocenters. The molecule has 0 bridgehead atoms. The van der Waals surface area contributed by atoms with Gasteiger partial charge in [-0.15, -0.1) is 27.3 Å². The molecule has 2 rings (SSSR count). The molecule has 2 aromatic rings. The third-order valence-electron chi connectivity index (χ3n) is 3.79. The van der Waals surface area contributed by atoms with Crippen LogP contribution >= 0.6 is 0 Å². The third kappa shape index (κ3) is 3.09. The minimum atomic E-state index is -0.0233. The molecule has 0 fully saturated rings. The maximum atomic E-state index is 6.06. The van der Waals surface area contributed by atoms with E-state index in [0.29, 0.717) is 28.7 Å². The second-order valence-corrected chi connectivity index (χ2v) is 5.35. The fourth-order valence-corrected chi connectivity index (χ4v) is 2.42. The van der Waals surface area contributed by atoms with Crippen LogP contribution in [0.25, 0.3) is 0 Å². The van der Waals surface area contributed by atoms with Gasteiger partial charge in [0.1, 0.15) is 39.2 Å². The quantitative estimate of drug-likeness (QED) is 0.476. The van der Waals surface area contributed by atoms with Crippen LogP contribution in [0.2, 0.25) is 0 Å². The van der Waals surface area contributed by atoms with Crippen molar-refractivity contribution in [2.75, 3.05) is 17.6 Å². The molecule has 2 aromatic carbocycles. The molecule has 22 heavy (non-hydrogen) atoms. The van der Waals surface area contributed by atoms with Crippen LogP contribution in [0.15, 0.2) is 24.3 Å². The predicted octanol–water partition coefficient (Wildman–Crippen LogP) is -2.55. The molecule has 7 heteroatoms. The number of para-hydroxylation sites is 2. The summed E-state index contributed by atoms with van der Waals surface area (Å²) in [5.41, 5.74) is 9.65. The standard InChI is InChI=1S/C15H13B5N2/c1-7(6-22-9-5-3-2-4-8(9)21)10-11(16)13(18)15(20)14(19)12(10)17/h2-5,7,22H,6,21H2,1H3. The van der Waals surface area contributed by atoms with Gasteiger partial charge in [0.15, 0.2) is 0 Å². The lowest BCUT2D eigenvalue weighted by Crippen LogP contribution is -2.56. The lowest BCUT2D eigenvalue weighted by Gasteiger charge is -2.26. The van der Waals surface area contributed by atoms with Crippen LogP contribution in [-0.2, 0) is 0 Å². The number of benzene rings is 2. The third-order valence-corrected chi connectivity index (χ3v) is 3.79. The fraction of sp³-hybridized carbons (Fsp3) is 0.200. The number of nitrogens with two attached hydrogens (primary N) is 1. The summed E-state index contributed by atoms with van der Waals surface area (Å²) in [6, 6.07) is 7.52. The number of anilines is 2. The first-order valence-electron chi connectivity index (χ1n) is 6.94. The summed E-state index contributed by atoms with van der Waals surface area (Å²) < 4.78 is 0. The minimum absolute atomic E-state index is 0.0233. The molecular formula is C15H13B5N2. The molecule has 2 nitrogen and oxygen atoms in total. The molecule has 0 aliphatic rings. The molecule has 0 aliphatic heterocycles. The minimum Gasteiger partial charge on any atom is -0.397 e. The van der Waals surface area contributed by atoms with E-state index in [2.05, 4.69) is 5.32 Å². The van der Waals surface area contributed by atoms with Crippen LogP contribution in [0.5, 0.6) is 0 Å². The van der Waals surface area contributed by atoms with Gasteiger partial charge in [0.2, 0.25) is 0 Å². The number of rotatable bonds is 4. The van der Waals surface area contributed by atoms with Gasteiger partial charge in [0, 0.05) is 6.54 Å². The van der Waals surface area contributed by atoms with E-state index >= 15 is 0 Å². The Hall–Kier alpha value is -1.64. The maximum Gasteiger partial charge on any atom is 0.113 e. The van der Waals surface area contributed by atoms with Crippen LogP contribution in [0, 0.1) is 0 Å². The molecular weight excluding hydrogens is 262 g/mol. The van der Waals surface area contributed by atoms with Crippen LogP contribution in [0.1, 0.15) is 18.4 Å². The highest BCUT2D eigenvalue weighted by molar-refractivity contribution is 6.67. The molecule has 0 aromatic heterocycles. The summed E-state index contributed by atoms with van der Waals surface area (Å²) in [6.45, 7) is 2.55. The Bertz CT molecular complexity index is 674. The number of hydrogen-bond acceptors (Lipinski definition) is 2. The second-order valence-electron chi connectivity index (χ2n) is 5.35. The van der Waals surface area contributed by atoms with Gasteiger partial charge < -0.3 is 11.1 Å². The highest BCUT2D eigenvalue weighted by atomic mass is 14.9. The number of nitrogens with one attached hydrogen (secondary N) is 1. The Kier molecular flexibility index (Phi) is 5.05. The van der Waals surface area contributed by atoms with Crippen LogP contribution in [0.3, 0.4) is 0 Å². The summed E-state index contributed by atoms with van der Waals surface area (Å²) in [4.78, 5) is 0. The molecule has 0 saturated carbocycles. The van der Waals surface area contributed by atoms with Gasteiger partial charge in [-0.1, -0.05) is 24.6 Å². The van der Waals surface area contributed by atoms with Crippen LogP contribution < -0.4 is 38.4 Å². The zero-order chi connectivity index (χ0) is 16.4. The Balaban J connectivity index is 2.27. The summed E-state index contributed by atoms with van der Waals surface area (Å²) in [5, 5.41) is 3.27. The van der Waals surface area contributed by atoms with Crippen LogP contribution in [-0.4, -0.2) is 45.8 Å². The average molecular weight is 275 g/mol. The van der Waals surface area contributed by atoms with Gasteiger partial charge in [-0.3, -0.25) is 0 Å². The van der Waals surface area contributed by atoms with E-state index in [1.807, 2.05) is 31.2 Å². The van der Waals surface area contributed by atoms with Gasteiger partial charge in [-0.05, 0) is 18.1 Å². The maximum absolute atomic E-state index is 6.06. The zero-order valence-corrected chi connectivity index (χ0v) is 12.6. The molecule has 98 valence electrons. The Morgan fingerprint density at radius 2 is 1.41 bits per heavy atom. The van der Waals surface area contributed by atoms with Crippen molar-refractivity contribution in [2.24, 2.45) is 0 Å². The summed E-state index contributed by atoms with van der Waals surface area (Å²) in [7, 11) is 29.7. The van der Waals surface area contributed by atoms with Crippen molar-refractivity contribution in [3.05, 3.63) is 29.8 Å². The van der Waals surface area contributed by atoms with E-state index in [0.717, 1.165) is 5.69 Å². The summed E-state index contributed by atoms with van der Waals surface area (Å²) in [5.74, 6) is -0.0233. The number of nitrogen functional groups attached to an aromatic ring is 1. The van der Waals surface area contributed by atoms with E-state index in [1.165, 1.54) is 0 Å². The first kappa shape index (κ1) is 16.7. The molecule has 1 atom stereocenters. The van der Waals surface area contributed by atoms with Gasteiger partial charge in [-0.25, -0.2) is 0 Å². The molecule has 0 heterocycles. The number of hydrogen-bond donors (Lipinski definition) is 2. The Morgan fingerprint density at radius 3 is 1.95 bits per heavy atom. The monoisotopic (exact) mass is 276 g/mol. The van der Waals surface area contributed by atoms with Crippen molar-refractivity contribution in [1.29, 1.82) is 0 Å². The van der Waals surface area contributed by atoms with Crippen molar-refractivity contribution in [2.45, 2.75) is 12.8 Å². The summed E-state index contributed by atoms with van der Waals surface area (Å²) >= 11 is 0. The van der Waals surface area contributed by atoms with E-state index in [9.17, 15) is 0 Å². The van der Waals surface area contributed by atoms with Gasteiger partial charge >= 0.3 is 0 Å². The Morgan fingerprint density at radius 1 is 0.909 bits per heavy atom. The van der Waals surface area contributed by atoms with Crippen molar-refractivity contribution in [3.63, 3.8) is 0 Å². The van der Waals surface area contributed by atoms with Crippen molar-refractivity contribution >= 4 is 77.9 Å². The lowest BCUT2D eigenvalue weighted by atomic mass is 9.59. The van der Waals surface area contributed by atoms with Crippen molar-refractivity contribution in [1.82, 2.24) is 0 Å². The van der Waals surface area contributed by atoms with E-state index in [1.54, 1.807) is 0 Å². The van der Waals surface area contributed by atoms with E-state index < -0.39 is 0 Å². The Labute approximate surface area is 138 Å². The molecule has 0 amide bonds. The smallest absolute Gasteiger partial charge is 0.113 e. The van der Waals surface area contributed by atoms with E-state index in [-0.39, 0.29) is 22.3 Å². The van der Waals surface area contributed by atoms with Gasteiger partial charge in [0.25, 0.3) is 0 Å². The topological polar surface area (TPSA) is 38.0 Å². The normalized spacial score (nSPS) is 12.0. The molecule has 3 N–H and O–H groups in total. The predicted molar refractivity (Wildman–Crippen MR) is 101 cm³/mol. The first-order chi connectivity index (χ1) is 10.3. The largest absolute Gasteiger partial charge is 0.397 e. The fourth-order valence-electron chi connectivity index (χ4n) is 2.42. The summed E-state index contributed by atoms with van der Waals surface area (Å²) in [6.07, 6.45) is 0. The molecule has 0 saturated heterocycles. The van der Waals surface area contributed by atoms with Gasteiger partial charge in [0.05, 0.1) is 11.4 Å². The van der Waals surface area contributed by atoms with Crippen molar-refractivity contribution < 1.29 is 0 Å². The highest BCUT2D eigenvalue weighted by Gasteiger charge is 2.15. The van der Waals surface area contributed by atoms with Crippen LogP contribution in [0.4, 0.5) is 11.4 Å². The average Bonchev–Trinajstić information content (AvgIpc) is 2.50. The van der Waals surface area contributed by atoms with Gasteiger partial charge in [-0.2, -0.15) is 0 Å². The lowest BCUT2D eigenvalue weighted by molar-refractivity contribution is 0.816. The van der Waals surface area contributed by atoms with E-state index in [4.69, 9.17) is 45.0 Å². The molecule has 0 aliphatic carbocycles. The highest BCUT2D eigenvalue weighted by Crippen LogP contribution is 2.18. The second kappa shape index (κ2) is 6.64. The van der Waals surface area contributed by atoms with Crippen molar-refractivity contribution in [3.8, 4) is 0 Å². The SMILES string of the molecule is [B]c1c([B])c([B])c(C(C)CNc2ccccc2N)c([B])c1[B]. The first-order valence-corrected chi connectivity index (χ1v) is 6.94. The molecule has 10 radical (unpaired) electrons. The molecule has 0 spiro atoms. The zero-order valence-electron chi connectivity index (χ0n) is 12.6.